The molecule has 0 spiro atoms. The van der Waals surface area contributed by atoms with Gasteiger partial charge in [0.25, 0.3) is 0 Å². The highest BCUT2D eigenvalue weighted by atomic mass is 16.6. The van der Waals surface area contributed by atoms with Crippen LogP contribution >= 0.6 is 0 Å². The molecule has 0 aromatic heterocycles. The molecule has 0 atom stereocenters. The summed E-state index contributed by atoms with van der Waals surface area (Å²) in [5, 5.41) is 8.37. The molecule has 0 aliphatic rings. The Morgan fingerprint density at radius 3 is 1.59 bits per heavy atom. The van der Waals surface area contributed by atoms with Gasteiger partial charge in [0.1, 0.15) is 6.61 Å². The molecule has 0 saturated carbocycles. The number of Topliss-reactive ketones (excluding diaryl/α,β-unsaturated/α-hetero) is 1. The van der Waals surface area contributed by atoms with Gasteiger partial charge in [0.2, 0.25) is 5.78 Å². The Labute approximate surface area is 159 Å². The molecule has 27 heavy (non-hydrogen) atoms. The van der Waals surface area contributed by atoms with E-state index in [2.05, 4.69) is 0 Å². The van der Waals surface area contributed by atoms with Gasteiger partial charge in [0.15, 0.2) is 0 Å². The van der Waals surface area contributed by atoms with Gasteiger partial charge in [-0.3, -0.25) is 9.59 Å². The van der Waals surface area contributed by atoms with Crippen LogP contribution in [0.4, 0.5) is 0 Å². The molecule has 0 rings (SSSR count). The van der Waals surface area contributed by atoms with Gasteiger partial charge in [-0.05, 0) is 14.1 Å². The SMILES string of the molecule is CN(C)CCOCCOCCOCCOCCOC(=O)CCC(=O)C(=O)O. The third-order valence-electron chi connectivity index (χ3n) is 3.08. The lowest BCUT2D eigenvalue weighted by atomic mass is 10.2. The second-order valence-electron chi connectivity index (χ2n) is 5.70. The van der Waals surface area contributed by atoms with Gasteiger partial charge in [-0.1, -0.05) is 0 Å². The molecule has 1 N–H and O–H groups in total. The van der Waals surface area contributed by atoms with Gasteiger partial charge >= 0.3 is 11.9 Å². The zero-order valence-corrected chi connectivity index (χ0v) is 16.1. The van der Waals surface area contributed by atoms with Gasteiger partial charge in [0, 0.05) is 13.0 Å². The number of carbonyl (C=O) groups is 3. The number of ether oxygens (including phenoxy) is 5. The van der Waals surface area contributed by atoms with Gasteiger partial charge in [-0.15, -0.1) is 0 Å². The number of esters is 1. The largest absolute Gasteiger partial charge is 0.476 e. The summed E-state index contributed by atoms with van der Waals surface area (Å²) in [5.74, 6) is -3.20. The number of hydrogen-bond acceptors (Lipinski definition) is 9. The van der Waals surface area contributed by atoms with Crippen LogP contribution < -0.4 is 0 Å². The van der Waals surface area contributed by atoms with Gasteiger partial charge in [0.05, 0.1) is 59.3 Å². The molecule has 10 heteroatoms. The number of carboxylic acid groups (broad SMARTS) is 1. The standard InChI is InChI=1S/C17H31NO9/c1-18(2)5-6-23-7-8-24-9-10-25-11-12-26-13-14-27-16(20)4-3-15(19)17(21)22/h3-14H2,1-2H3,(H,21,22). The van der Waals surface area contributed by atoms with E-state index in [4.69, 9.17) is 28.8 Å². The van der Waals surface area contributed by atoms with Gasteiger partial charge in [-0.2, -0.15) is 0 Å². The van der Waals surface area contributed by atoms with E-state index in [0.29, 0.717) is 46.2 Å². The molecule has 0 unspecified atom stereocenters. The van der Waals surface area contributed by atoms with E-state index in [1.165, 1.54) is 0 Å². The Morgan fingerprint density at radius 1 is 0.704 bits per heavy atom. The zero-order chi connectivity index (χ0) is 20.3. The summed E-state index contributed by atoms with van der Waals surface area (Å²) in [6.45, 7) is 4.55. The lowest BCUT2D eigenvalue weighted by molar-refractivity contribution is -0.151. The second kappa shape index (κ2) is 17.8. The van der Waals surface area contributed by atoms with E-state index in [0.717, 1.165) is 6.54 Å². The number of aliphatic carboxylic acids is 1. The Kier molecular flexibility index (Phi) is 16.8. The maximum Gasteiger partial charge on any atom is 0.372 e. The molecule has 0 fully saturated rings. The fraction of sp³-hybridized carbons (Fsp3) is 0.824. The quantitative estimate of drug-likeness (QED) is 0.176. The van der Waals surface area contributed by atoms with Crippen molar-refractivity contribution < 1.29 is 43.2 Å². The van der Waals surface area contributed by atoms with Crippen molar-refractivity contribution in [1.29, 1.82) is 0 Å². The maximum atomic E-state index is 11.2. The smallest absolute Gasteiger partial charge is 0.372 e. The highest BCUT2D eigenvalue weighted by molar-refractivity contribution is 6.32. The number of likely N-dealkylation sites (N-methyl/N-ethyl adjacent to an activating group) is 1. The lowest BCUT2D eigenvalue weighted by Crippen LogP contribution is -2.19. The maximum absolute atomic E-state index is 11.2. The minimum atomic E-state index is -1.55. The van der Waals surface area contributed by atoms with Crippen molar-refractivity contribution >= 4 is 17.7 Å². The minimum Gasteiger partial charge on any atom is -0.476 e. The summed E-state index contributed by atoms with van der Waals surface area (Å²) in [7, 11) is 3.98. The first-order valence-corrected chi connectivity index (χ1v) is 8.81. The number of carbonyl (C=O) groups excluding carboxylic acids is 2. The first-order chi connectivity index (χ1) is 12.9. The Balaban J connectivity index is 3.21. The highest BCUT2D eigenvalue weighted by Crippen LogP contribution is 1.95. The molecule has 158 valence electrons. The molecule has 0 aromatic rings. The van der Waals surface area contributed by atoms with Crippen LogP contribution in [0.5, 0.6) is 0 Å². The molecule has 0 aliphatic heterocycles. The van der Waals surface area contributed by atoms with Crippen LogP contribution in [0.15, 0.2) is 0 Å². The first-order valence-electron chi connectivity index (χ1n) is 8.81. The van der Waals surface area contributed by atoms with Crippen LogP contribution in [0, 0.1) is 0 Å². The predicted octanol–water partition coefficient (Wildman–Crippen LogP) is -0.408. The number of rotatable bonds is 19. The molecule has 0 heterocycles. The van der Waals surface area contributed by atoms with Crippen LogP contribution in [0.3, 0.4) is 0 Å². The van der Waals surface area contributed by atoms with E-state index < -0.39 is 17.7 Å². The molecule has 0 amide bonds. The monoisotopic (exact) mass is 393 g/mol. The van der Waals surface area contributed by atoms with Gasteiger partial charge < -0.3 is 33.7 Å². The first kappa shape index (κ1) is 25.4. The van der Waals surface area contributed by atoms with Crippen LogP contribution in [0.1, 0.15) is 12.8 Å². The number of hydrogen-bond donors (Lipinski definition) is 1. The summed E-state index contributed by atoms with van der Waals surface area (Å²) in [5.41, 5.74) is 0. The van der Waals surface area contributed by atoms with E-state index >= 15 is 0 Å². The molecular formula is C17H31NO9. The Hall–Kier alpha value is -1.59. The molecule has 0 bridgehead atoms. The lowest BCUT2D eigenvalue weighted by Gasteiger charge is -2.10. The summed E-state index contributed by atoms with van der Waals surface area (Å²) >= 11 is 0. The number of nitrogens with zero attached hydrogens (tertiary/aromatic N) is 1. The van der Waals surface area contributed by atoms with E-state index in [-0.39, 0.29) is 26.1 Å². The second-order valence-corrected chi connectivity index (χ2v) is 5.70. The van der Waals surface area contributed by atoms with Crippen molar-refractivity contribution in [2.45, 2.75) is 12.8 Å². The Bertz CT molecular complexity index is 415. The molecule has 0 radical (unpaired) electrons. The fourth-order valence-electron chi connectivity index (χ4n) is 1.62. The predicted molar refractivity (Wildman–Crippen MR) is 94.7 cm³/mol. The molecule has 10 nitrogen and oxygen atoms in total. The average molecular weight is 393 g/mol. The van der Waals surface area contributed by atoms with Crippen molar-refractivity contribution in [3.8, 4) is 0 Å². The summed E-state index contributed by atoms with van der Waals surface area (Å²) in [4.78, 5) is 34.4. The number of ketones is 1. The van der Waals surface area contributed by atoms with E-state index in [1.807, 2.05) is 19.0 Å². The van der Waals surface area contributed by atoms with E-state index in [9.17, 15) is 14.4 Å². The highest BCUT2D eigenvalue weighted by Gasteiger charge is 2.14. The molecule has 0 aliphatic carbocycles. The van der Waals surface area contributed by atoms with Gasteiger partial charge in [-0.25, -0.2) is 4.79 Å². The van der Waals surface area contributed by atoms with Crippen LogP contribution in [-0.2, 0) is 38.1 Å². The average Bonchev–Trinajstić information content (AvgIpc) is 2.62. The summed E-state index contributed by atoms with van der Waals surface area (Å²) in [6, 6.07) is 0. The fourth-order valence-corrected chi connectivity index (χ4v) is 1.62. The van der Waals surface area contributed by atoms with Crippen LogP contribution in [0.2, 0.25) is 0 Å². The molecule has 0 saturated heterocycles. The summed E-state index contributed by atoms with van der Waals surface area (Å²) < 4.78 is 26.0. The zero-order valence-electron chi connectivity index (χ0n) is 16.1. The Morgan fingerprint density at radius 2 is 1.15 bits per heavy atom. The van der Waals surface area contributed by atoms with Crippen molar-refractivity contribution in [3.63, 3.8) is 0 Å². The normalized spacial score (nSPS) is 10.9. The number of carboxylic acids is 1. The van der Waals surface area contributed by atoms with E-state index in [1.54, 1.807) is 0 Å². The topological polar surface area (TPSA) is 121 Å². The van der Waals surface area contributed by atoms with Crippen molar-refractivity contribution in [1.82, 2.24) is 4.90 Å². The third-order valence-corrected chi connectivity index (χ3v) is 3.08. The van der Waals surface area contributed by atoms with Crippen molar-refractivity contribution in [3.05, 3.63) is 0 Å². The van der Waals surface area contributed by atoms with Crippen molar-refractivity contribution in [2.75, 3.05) is 80.1 Å². The summed E-state index contributed by atoms with van der Waals surface area (Å²) in [6.07, 6.45) is -0.623. The molecular weight excluding hydrogens is 362 g/mol. The third kappa shape index (κ3) is 19.0. The van der Waals surface area contributed by atoms with Crippen LogP contribution in [-0.4, -0.2) is 108 Å². The molecule has 0 aromatic carbocycles. The van der Waals surface area contributed by atoms with Crippen LogP contribution in [0.25, 0.3) is 0 Å². The minimum absolute atomic E-state index is 0.0387. The van der Waals surface area contributed by atoms with Crippen molar-refractivity contribution in [2.24, 2.45) is 0 Å².